The van der Waals surface area contributed by atoms with E-state index in [1.165, 1.54) is 6.20 Å². The number of aliphatic carboxylic acids is 1. The fourth-order valence-electron chi connectivity index (χ4n) is 3.92. The fraction of sp³-hybridized carbons (Fsp3) is 0.429. The SMILES string of the molecule is CCCC(C(CCC)(C(=O)O)c1cccnc1)P(=O)(O)Cc1ccccc1. The van der Waals surface area contributed by atoms with Crippen molar-refractivity contribution in [2.45, 2.75) is 56.8 Å². The van der Waals surface area contributed by atoms with Crippen LogP contribution in [0, 0.1) is 0 Å². The Bertz CT molecular complexity index is 781. The molecule has 3 unspecified atom stereocenters. The molecule has 0 bridgehead atoms. The fourth-order valence-corrected chi connectivity index (χ4v) is 6.61. The van der Waals surface area contributed by atoms with Gasteiger partial charge in [-0.05, 0) is 30.0 Å². The minimum absolute atomic E-state index is 0.0302. The van der Waals surface area contributed by atoms with Gasteiger partial charge in [-0.15, -0.1) is 0 Å². The van der Waals surface area contributed by atoms with Crippen LogP contribution in [0.1, 0.15) is 50.7 Å². The lowest BCUT2D eigenvalue weighted by Gasteiger charge is -2.39. The molecule has 0 radical (unpaired) electrons. The summed E-state index contributed by atoms with van der Waals surface area (Å²) in [6, 6.07) is 12.5. The van der Waals surface area contributed by atoms with Crippen LogP contribution in [-0.2, 0) is 20.9 Å². The molecule has 0 fully saturated rings. The minimum Gasteiger partial charge on any atom is -0.481 e. The largest absolute Gasteiger partial charge is 0.481 e. The van der Waals surface area contributed by atoms with Gasteiger partial charge in [0.2, 0.25) is 7.37 Å². The van der Waals surface area contributed by atoms with Gasteiger partial charge in [0, 0.05) is 18.6 Å². The van der Waals surface area contributed by atoms with Crippen LogP contribution in [0.5, 0.6) is 0 Å². The third-order valence-corrected chi connectivity index (χ3v) is 7.56. The van der Waals surface area contributed by atoms with E-state index in [0.29, 0.717) is 24.8 Å². The lowest BCUT2D eigenvalue weighted by Crippen LogP contribution is -2.47. The van der Waals surface area contributed by atoms with Crippen molar-refractivity contribution in [3.8, 4) is 0 Å². The van der Waals surface area contributed by atoms with Crippen LogP contribution < -0.4 is 0 Å². The van der Waals surface area contributed by atoms with E-state index in [2.05, 4.69) is 4.98 Å². The van der Waals surface area contributed by atoms with Crippen molar-refractivity contribution >= 4 is 13.3 Å². The van der Waals surface area contributed by atoms with Crippen LogP contribution in [-0.4, -0.2) is 26.6 Å². The summed E-state index contributed by atoms with van der Waals surface area (Å²) >= 11 is 0. The summed E-state index contributed by atoms with van der Waals surface area (Å²) < 4.78 is 13.5. The highest BCUT2D eigenvalue weighted by atomic mass is 31.2. The third kappa shape index (κ3) is 4.66. The number of carboxylic acids is 1. The Morgan fingerprint density at radius 2 is 1.85 bits per heavy atom. The molecule has 5 nitrogen and oxygen atoms in total. The Hall–Kier alpha value is -1.97. The lowest BCUT2D eigenvalue weighted by atomic mass is 9.73. The standard InChI is InChI=1S/C21H28NO4P/c1-3-9-19(27(25,26)16-17-10-6-5-7-11-17)21(13-4-2,20(23)24)18-12-8-14-22-15-18/h5-8,10-12,14-15,19H,3-4,9,13,16H2,1-2H3,(H,23,24)(H,25,26). The van der Waals surface area contributed by atoms with Gasteiger partial charge in [0.1, 0.15) is 5.41 Å². The predicted molar refractivity (Wildman–Crippen MR) is 107 cm³/mol. The second kappa shape index (κ2) is 9.29. The van der Waals surface area contributed by atoms with E-state index in [9.17, 15) is 19.4 Å². The van der Waals surface area contributed by atoms with Crippen molar-refractivity contribution in [1.82, 2.24) is 4.98 Å². The molecule has 1 aromatic carbocycles. The van der Waals surface area contributed by atoms with Crippen LogP contribution >= 0.6 is 7.37 Å². The van der Waals surface area contributed by atoms with E-state index in [4.69, 9.17) is 0 Å². The van der Waals surface area contributed by atoms with Crippen molar-refractivity contribution in [2.24, 2.45) is 0 Å². The van der Waals surface area contributed by atoms with Crippen molar-refractivity contribution in [2.75, 3.05) is 0 Å². The first-order chi connectivity index (χ1) is 12.9. The Morgan fingerprint density at radius 1 is 1.15 bits per heavy atom. The number of benzene rings is 1. The molecule has 2 N–H and O–H groups in total. The second-order valence-electron chi connectivity index (χ2n) is 6.97. The normalized spacial score (nSPS) is 16.9. The molecule has 0 amide bonds. The maximum Gasteiger partial charge on any atom is 0.315 e. The highest BCUT2D eigenvalue weighted by Gasteiger charge is 2.53. The molecular formula is C21H28NO4P. The van der Waals surface area contributed by atoms with Gasteiger partial charge in [-0.1, -0.05) is 63.1 Å². The van der Waals surface area contributed by atoms with E-state index in [1.54, 1.807) is 30.5 Å². The average Bonchev–Trinajstić information content (AvgIpc) is 2.65. The van der Waals surface area contributed by atoms with Crippen LogP contribution in [0.3, 0.4) is 0 Å². The number of rotatable bonds is 10. The number of carboxylic acid groups (broad SMARTS) is 1. The van der Waals surface area contributed by atoms with E-state index in [1.807, 2.05) is 32.0 Å². The number of carbonyl (C=O) groups is 1. The van der Waals surface area contributed by atoms with Crippen molar-refractivity contribution in [1.29, 1.82) is 0 Å². The van der Waals surface area contributed by atoms with Gasteiger partial charge in [-0.3, -0.25) is 14.3 Å². The Kier molecular flexibility index (Phi) is 7.34. The molecule has 0 aliphatic heterocycles. The maximum absolute atomic E-state index is 13.5. The van der Waals surface area contributed by atoms with Gasteiger partial charge < -0.3 is 10.00 Å². The maximum atomic E-state index is 13.5. The molecule has 1 aromatic heterocycles. The summed E-state index contributed by atoms with van der Waals surface area (Å²) in [4.78, 5) is 27.8. The average molecular weight is 389 g/mol. The van der Waals surface area contributed by atoms with Gasteiger partial charge >= 0.3 is 5.97 Å². The molecule has 6 heteroatoms. The smallest absolute Gasteiger partial charge is 0.315 e. The summed E-state index contributed by atoms with van der Waals surface area (Å²) in [5, 5.41) is 10.3. The van der Waals surface area contributed by atoms with Crippen molar-refractivity contribution in [3.63, 3.8) is 0 Å². The van der Waals surface area contributed by atoms with Crippen molar-refractivity contribution in [3.05, 3.63) is 66.0 Å². The monoisotopic (exact) mass is 389 g/mol. The van der Waals surface area contributed by atoms with Gasteiger partial charge in [0.15, 0.2) is 0 Å². The third-order valence-electron chi connectivity index (χ3n) is 5.07. The topological polar surface area (TPSA) is 87.5 Å². The van der Waals surface area contributed by atoms with Crippen molar-refractivity contribution < 1.29 is 19.4 Å². The van der Waals surface area contributed by atoms with Gasteiger partial charge in [-0.25, -0.2) is 0 Å². The number of pyridine rings is 1. The van der Waals surface area contributed by atoms with E-state index in [0.717, 1.165) is 5.56 Å². The van der Waals surface area contributed by atoms with Crippen LogP contribution in [0.25, 0.3) is 0 Å². The highest BCUT2D eigenvalue weighted by Crippen LogP contribution is 2.59. The molecule has 27 heavy (non-hydrogen) atoms. The van der Waals surface area contributed by atoms with Gasteiger partial charge in [-0.2, -0.15) is 0 Å². The van der Waals surface area contributed by atoms with E-state index < -0.39 is 24.4 Å². The Balaban J connectivity index is 2.59. The van der Waals surface area contributed by atoms with Crippen LogP contribution in [0.4, 0.5) is 0 Å². The molecule has 2 rings (SSSR count). The Labute approximate surface area is 160 Å². The molecule has 0 aliphatic rings. The number of nitrogens with zero attached hydrogens (tertiary/aromatic N) is 1. The van der Waals surface area contributed by atoms with Crippen LogP contribution in [0.2, 0.25) is 0 Å². The van der Waals surface area contributed by atoms with E-state index >= 15 is 0 Å². The molecule has 0 spiro atoms. The summed E-state index contributed by atoms with van der Waals surface area (Å²) in [5.41, 5.74) is -1.07. The lowest BCUT2D eigenvalue weighted by molar-refractivity contribution is -0.144. The first-order valence-corrected chi connectivity index (χ1v) is 11.3. The summed E-state index contributed by atoms with van der Waals surface area (Å²) in [6.45, 7) is 3.81. The molecule has 3 atom stereocenters. The molecule has 0 aliphatic carbocycles. The zero-order chi connectivity index (χ0) is 19.9. The van der Waals surface area contributed by atoms with Crippen LogP contribution in [0.15, 0.2) is 54.9 Å². The number of hydrogen-bond donors (Lipinski definition) is 2. The molecular weight excluding hydrogens is 361 g/mol. The zero-order valence-corrected chi connectivity index (χ0v) is 16.8. The second-order valence-corrected chi connectivity index (χ2v) is 9.42. The molecule has 146 valence electrons. The summed E-state index contributed by atoms with van der Waals surface area (Å²) in [7, 11) is -3.82. The molecule has 0 saturated carbocycles. The summed E-state index contributed by atoms with van der Waals surface area (Å²) in [6.07, 6.45) is 4.95. The van der Waals surface area contributed by atoms with E-state index in [-0.39, 0.29) is 12.6 Å². The first kappa shape index (κ1) is 21.3. The predicted octanol–water partition coefficient (Wildman–Crippen LogP) is 4.84. The molecule has 2 aromatic rings. The molecule has 1 heterocycles. The summed E-state index contributed by atoms with van der Waals surface area (Å²) in [5.74, 6) is -1.06. The number of aromatic nitrogens is 1. The quantitative estimate of drug-likeness (QED) is 0.568. The highest BCUT2D eigenvalue weighted by molar-refractivity contribution is 7.58. The van der Waals surface area contributed by atoms with Gasteiger partial charge in [0.25, 0.3) is 0 Å². The number of hydrogen-bond acceptors (Lipinski definition) is 3. The van der Waals surface area contributed by atoms with Gasteiger partial charge in [0.05, 0.1) is 5.66 Å². The minimum atomic E-state index is -3.82. The Morgan fingerprint density at radius 3 is 2.37 bits per heavy atom. The zero-order valence-electron chi connectivity index (χ0n) is 15.9. The molecule has 0 saturated heterocycles. The first-order valence-electron chi connectivity index (χ1n) is 9.37.